The zero-order chi connectivity index (χ0) is 15.8. The summed E-state index contributed by atoms with van der Waals surface area (Å²) in [5, 5.41) is 10.0. The predicted octanol–water partition coefficient (Wildman–Crippen LogP) is 4.35. The van der Waals surface area contributed by atoms with Gasteiger partial charge in [0, 0.05) is 11.8 Å². The molecule has 5 fully saturated rings. The van der Waals surface area contributed by atoms with Crippen molar-refractivity contribution >= 4 is 5.78 Å². The molecule has 0 bridgehead atoms. The summed E-state index contributed by atoms with van der Waals surface area (Å²) < 4.78 is 0. The lowest BCUT2D eigenvalue weighted by molar-refractivity contribution is -0.158. The minimum absolute atomic E-state index is 0.0241. The topological polar surface area (TPSA) is 37.3 Å². The summed E-state index contributed by atoms with van der Waals surface area (Å²) in [6.07, 6.45) is 13.3. The molecule has 0 aromatic carbocycles. The molecular formula is C21H32O2. The number of aliphatic hydroxyl groups excluding tert-OH is 1. The van der Waals surface area contributed by atoms with E-state index >= 15 is 0 Å². The lowest BCUT2D eigenvalue weighted by Crippen LogP contribution is -2.56. The van der Waals surface area contributed by atoms with Gasteiger partial charge in [0.25, 0.3) is 0 Å². The van der Waals surface area contributed by atoms with E-state index in [4.69, 9.17) is 0 Å². The van der Waals surface area contributed by atoms with Crippen molar-refractivity contribution in [1.29, 1.82) is 0 Å². The van der Waals surface area contributed by atoms with Gasteiger partial charge in [0.15, 0.2) is 0 Å². The van der Waals surface area contributed by atoms with Gasteiger partial charge in [-0.1, -0.05) is 6.92 Å². The normalized spacial score (nSPS) is 58.3. The van der Waals surface area contributed by atoms with Gasteiger partial charge in [-0.25, -0.2) is 0 Å². The number of rotatable bonds is 0. The summed E-state index contributed by atoms with van der Waals surface area (Å²) in [5.74, 6) is 4.90. The summed E-state index contributed by atoms with van der Waals surface area (Å²) in [5.41, 5.74) is 0.423. The van der Waals surface area contributed by atoms with Crippen molar-refractivity contribution in [2.75, 3.05) is 0 Å². The SMILES string of the molecule is C[C@]12CC[C@H]3[C@@H](CC[C@@H]4C[C@H](O)CC[C@@H]43)[C@@H]1CC[C@@]21CCC1=O. The smallest absolute Gasteiger partial charge is 0.139 e. The number of Topliss-reactive ketones (excluding diaryl/α,β-unsaturated/α-hetero) is 1. The minimum atomic E-state index is -0.0241. The van der Waals surface area contributed by atoms with Crippen LogP contribution in [0.3, 0.4) is 0 Å². The third-order valence-corrected chi connectivity index (χ3v) is 9.60. The first-order valence-electron chi connectivity index (χ1n) is 10.3. The van der Waals surface area contributed by atoms with E-state index in [1.165, 1.54) is 51.4 Å². The minimum Gasteiger partial charge on any atom is -0.393 e. The van der Waals surface area contributed by atoms with Crippen LogP contribution in [0.4, 0.5) is 0 Å². The quantitative estimate of drug-likeness (QED) is 0.721. The summed E-state index contributed by atoms with van der Waals surface area (Å²) >= 11 is 0. The van der Waals surface area contributed by atoms with E-state index in [1.54, 1.807) is 0 Å². The molecule has 23 heavy (non-hydrogen) atoms. The van der Waals surface area contributed by atoms with Crippen LogP contribution >= 0.6 is 0 Å². The summed E-state index contributed by atoms with van der Waals surface area (Å²) in [6.45, 7) is 2.49. The first kappa shape index (κ1) is 14.9. The fourth-order valence-corrected chi connectivity index (χ4v) is 8.36. The first-order chi connectivity index (χ1) is 11.1. The van der Waals surface area contributed by atoms with E-state index < -0.39 is 0 Å². The Morgan fingerprint density at radius 1 is 0.913 bits per heavy atom. The van der Waals surface area contributed by atoms with Crippen LogP contribution in [-0.4, -0.2) is 17.0 Å². The van der Waals surface area contributed by atoms with Crippen LogP contribution in [0, 0.1) is 40.4 Å². The molecule has 5 aliphatic carbocycles. The lowest BCUT2D eigenvalue weighted by atomic mass is 9.44. The Kier molecular flexibility index (Phi) is 3.14. The molecule has 0 heterocycles. The van der Waals surface area contributed by atoms with Crippen LogP contribution in [0.25, 0.3) is 0 Å². The maximum absolute atomic E-state index is 12.5. The van der Waals surface area contributed by atoms with E-state index in [9.17, 15) is 9.90 Å². The zero-order valence-corrected chi connectivity index (χ0v) is 14.6. The van der Waals surface area contributed by atoms with Crippen molar-refractivity contribution in [3.05, 3.63) is 0 Å². The standard InChI is InChI=1S/C21H32O2/c1-20-9-6-16-15-5-3-14(22)12-13(15)2-4-17(16)18(20)7-10-21(20)11-8-19(21)23/h13-18,22H,2-12H2,1H3/t13-,14-,15+,16-,17-,18+,20+,21+/m1/s1. The molecule has 128 valence electrons. The number of carbonyl (C=O) groups excluding carboxylic acids is 1. The fraction of sp³-hybridized carbons (Fsp3) is 0.952. The highest BCUT2D eigenvalue weighted by Gasteiger charge is 2.67. The predicted molar refractivity (Wildman–Crippen MR) is 89.8 cm³/mol. The molecular weight excluding hydrogens is 284 g/mol. The lowest BCUT2D eigenvalue weighted by Gasteiger charge is -2.59. The molecule has 1 N–H and O–H groups in total. The van der Waals surface area contributed by atoms with E-state index in [0.29, 0.717) is 11.2 Å². The highest BCUT2D eigenvalue weighted by Crippen LogP contribution is 2.72. The molecule has 2 heteroatoms. The molecule has 1 spiro atoms. The highest BCUT2D eigenvalue weighted by atomic mass is 16.3. The van der Waals surface area contributed by atoms with Crippen LogP contribution in [0.2, 0.25) is 0 Å². The Bertz CT molecular complexity index is 528. The summed E-state index contributed by atoms with van der Waals surface area (Å²) in [6, 6.07) is 0. The molecule has 0 aromatic rings. The van der Waals surface area contributed by atoms with Crippen molar-refractivity contribution in [2.45, 2.75) is 83.7 Å². The molecule has 0 radical (unpaired) electrons. The van der Waals surface area contributed by atoms with Gasteiger partial charge in [0.1, 0.15) is 5.78 Å². The second-order valence-corrected chi connectivity index (χ2v) is 9.90. The fourth-order valence-electron chi connectivity index (χ4n) is 8.36. The van der Waals surface area contributed by atoms with Crippen molar-refractivity contribution in [2.24, 2.45) is 40.4 Å². The van der Waals surface area contributed by atoms with Gasteiger partial charge in [-0.05, 0) is 99.2 Å². The van der Waals surface area contributed by atoms with Gasteiger partial charge in [-0.2, -0.15) is 0 Å². The second kappa shape index (κ2) is 4.84. The molecule has 0 aliphatic heterocycles. The third-order valence-electron chi connectivity index (χ3n) is 9.60. The van der Waals surface area contributed by atoms with Crippen molar-refractivity contribution < 1.29 is 9.90 Å². The maximum atomic E-state index is 12.5. The third kappa shape index (κ3) is 1.77. The Morgan fingerprint density at radius 2 is 1.74 bits per heavy atom. The van der Waals surface area contributed by atoms with Crippen LogP contribution in [0.5, 0.6) is 0 Å². The number of fused-ring (bicyclic) bond motifs is 6. The zero-order valence-electron chi connectivity index (χ0n) is 14.6. The first-order valence-corrected chi connectivity index (χ1v) is 10.3. The molecule has 0 amide bonds. The van der Waals surface area contributed by atoms with Crippen molar-refractivity contribution in [3.63, 3.8) is 0 Å². The largest absolute Gasteiger partial charge is 0.393 e. The summed E-state index contributed by atoms with van der Waals surface area (Å²) in [7, 11) is 0. The van der Waals surface area contributed by atoms with Crippen LogP contribution in [-0.2, 0) is 4.79 Å². The van der Waals surface area contributed by atoms with E-state index in [0.717, 1.165) is 48.9 Å². The highest BCUT2D eigenvalue weighted by molar-refractivity contribution is 5.91. The average molecular weight is 316 g/mol. The van der Waals surface area contributed by atoms with Crippen molar-refractivity contribution in [1.82, 2.24) is 0 Å². The molecule has 0 aromatic heterocycles. The monoisotopic (exact) mass is 316 g/mol. The van der Waals surface area contributed by atoms with Gasteiger partial charge in [0.2, 0.25) is 0 Å². The Balaban J connectivity index is 1.42. The maximum Gasteiger partial charge on any atom is 0.139 e. The molecule has 5 rings (SSSR count). The van der Waals surface area contributed by atoms with Gasteiger partial charge >= 0.3 is 0 Å². The van der Waals surface area contributed by atoms with Crippen molar-refractivity contribution in [3.8, 4) is 0 Å². The number of carbonyl (C=O) groups is 1. The Hall–Kier alpha value is -0.370. The molecule has 0 saturated heterocycles. The Morgan fingerprint density at radius 3 is 2.48 bits per heavy atom. The van der Waals surface area contributed by atoms with Crippen LogP contribution in [0.1, 0.15) is 77.6 Å². The summed E-state index contributed by atoms with van der Waals surface area (Å²) in [4.78, 5) is 12.5. The number of hydrogen-bond donors (Lipinski definition) is 1. The molecule has 0 unspecified atom stereocenters. The number of ketones is 1. The van der Waals surface area contributed by atoms with E-state index in [-0.39, 0.29) is 11.5 Å². The van der Waals surface area contributed by atoms with Gasteiger partial charge in [-0.3, -0.25) is 4.79 Å². The van der Waals surface area contributed by atoms with Gasteiger partial charge in [0.05, 0.1) is 6.10 Å². The molecule has 8 atom stereocenters. The van der Waals surface area contributed by atoms with Crippen LogP contribution in [0.15, 0.2) is 0 Å². The second-order valence-electron chi connectivity index (χ2n) is 9.90. The Labute approximate surface area is 140 Å². The molecule has 5 saturated carbocycles. The number of aliphatic hydroxyl groups is 1. The van der Waals surface area contributed by atoms with Gasteiger partial charge < -0.3 is 5.11 Å². The average Bonchev–Trinajstić information content (AvgIpc) is 2.88. The van der Waals surface area contributed by atoms with E-state index in [2.05, 4.69) is 6.92 Å². The van der Waals surface area contributed by atoms with Gasteiger partial charge in [-0.15, -0.1) is 0 Å². The van der Waals surface area contributed by atoms with Crippen LogP contribution < -0.4 is 0 Å². The van der Waals surface area contributed by atoms with E-state index in [1.807, 2.05) is 0 Å². The molecule has 2 nitrogen and oxygen atoms in total. The number of hydrogen-bond acceptors (Lipinski definition) is 2. The molecule has 5 aliphatic rings.